The van der Waals surface area contributed by atoms with Crippen LogP contribution in [0.1, 0.15) is 135 Å². The first-order valence-electron chi connectivity index (χ1n) is 18.5. The fraction of sp³-hybridized carbons (Fsp3) is 0.634. The average molecular weight is 661 g/mol. The van der Waals surface area contributed by atoms with E-state index in [1.54, 1.807) is 0 Å². The van der Waals surface area contributed by atoms with E-state index in [-0.39, 0.29) is 41.6 Å². The Labute approximate surface area is 289 Å². The lowest BCUT2D eigenvalue weighted by atomic mass is 9.82. The molecule has 7 nitrogen and oxygen atoms in total. The van der Waals surface area contributed by atoms with Crippen molar-refractivity contribution in [1.82, 2.24) is 5.32 Å². The van der Waals surface area contributed by atoms with Crippen molar-refractivity contribution in [1.29, 1.82) is 5.26 Å². The number of nitriles is 1. The number of fused-ring (bicyclic) bond motifs is 1. The van der Waals surface area contributed by atoms with Crippen molar-refractivity contribution in [2.45, 2.75) is 142 Å². The summed E-state index contributed by atoms with van der Waals surface area (Å²) in [5, 5.41) is 19.0. The van der Waals surface area contributed by atoms with Gasteiger partial charge >= 0.3 is 0 Å². The number of hydrogen-bond donors (Lipinski definition) is 2. The molecule has 0 radical (unpaired) electrons. The van der Waals surface area contributed by atoms with E-state index in [0.29, 0.717) is 25.7 Å². The smallest absolute Gasteiger partial charge is 0.283 e. The molecule has 1 fully saturated rings. The highest BCUT2D eigenvalue weighted by Crippen LogP contribution is 2.28. The molecular weight excluding hydrogens is 600 g/mol. The lowest BCUT2D eigenvalue weighted by molar-refractivity contribution is -0.133. The van der Waals surface area contributed by atoms with Gasteiger partial charge in [0.25, 0.3) is 6.26 Å². The van der Waals surface area contributed by atoms with Gasteiger partial charge in [0, 0.05) is 30.6 Å². The summed E-state index contributed by atoms with van der Waals surface area (Å²) in [5.74, 6) is -0.454. The molecule has 1 aliphatic rings. The predicted molar refractivity (Wildman–Crippen MR) is 193 cm³/mol. The maximum absolute atomic E-state index is 14.1. The zero-order valence-electron chi connectivity index (χ0n) is 29.8. The molecule has 1 saturated carbocycles. The SMILES string of the molecule is CCCCCCCCCCC[C@@H](Cc1cccc2ccccc12)C(=O)CC(CC(C)C)C(=O)N[C@H](C=O)C[C@@H]1CCCCC1=O.N#CO. The highest BCUT2D eigenvalue weighted by atomic mass is 16.2. The Hall–Kier alpha value is -3.53. The monoisotopic (exact) mass is 660 g/mol. The summed E-state index contributed by atoms with van der Waals surface area (Å²) in [6.07, 6.45) is 18.5. The van der Waals surface area contributed by atoms with Crippen LogP contribution in [0.15, 0.2) is 42.5 Å². The highest BCUT2D eigenvalue weighted by Gasteiger charge is 2.31. The van der Waals surface area contributed by atoms with Gasteiger partial charge in [-0.25, -0.2) is 0 Å². The number of nitrogens with zero attached hydrogens (tertiary/aromatic N) is 1. The van der Waals surface area contributed by atoms with E-state index in [1.165, 1.54) is 61.3 Å². The second-order valence-electron chi connectivity index (χ2n) is 14.1. The van der Waals surface area contributed by atoms with Crippen LogP contribution in [0.4, 0.5) is 0 Å². The van der Waals surface area contributed by atoms with E-state index in [2.05, 4.69) is 62.5 Å². The molecular formula is C41H60N2O5. The fourth-order valence-corrected chi connectivity index (χ4v) is 7.14. The Bertz CT molecular complexity index is 1290. The zero-order valence-corrected chi connectivity index (χ0v) is 29.8. The molecule has 1 aliphatic carbocycles. The van der Waals surface area contributed by atoms with Crippen molar-refractivity contribution in [2.24, 2.45) is 23.7 Å². The standard InChI is InChI=1S/C40H59NO4.CHNO/c1-4-5-6-7-8-9-10-11-12-19-33(26-32-22-17-21-31-18-13-15-23-37(31)32)39(44)28-35(25-30(2)3)40(45)41-36(29-42)27-34-20-14-16-24-38(34)43;2-1-3/h13,15,17-18,21-23,29-30,33-36H,4-12,14,16,19-20,24-28H2,1-3H3,(H,41,45);3H/t33-,34-,35?,36-;/m0./s1. The number of ketones is 2. The quantitative estimate of drug-likeness (QED) is 0.0737. The summed E-state index contributed by atoms with van der Waals surface area (Å²) in [6, 6.07) is 14.0. The maximum Gasteiger partial charge on any atom is 0.283 e. The Morgan fingerprint density at radius 2 is 1.60 bits per heavy atom. The van der Waals surface area contributed by atoms with Gasteiger partial charge in [-0.2, -0.15) is 5.26 Å². The molecule has 4 atom stereocenters. The summed E-state index contributed by atoms with van der Waals surface area (Å²) in [6.45, 7) is 6.38. The summed E-state index contributed by atoms with van der Waals surface area (Å²) in [4.78, 5) is 52.0. The van der Waals surface area contributed by atoms with Crippen molar-refractivity contribution in [3.05, 3.63) is 48.0 Å². The number of Topliss-reactive ketones (excluding diaryl/α,β-unsaturated/α-hetero) is 2. The second kappa shape index (κ2) is 23.7. The van der Waals surface area contributed by atoms with Gasteiger partial charge in [-0.15, -0.1) is 0 Å². The lowest BCUT2D eigenvalue weighted by Crippen LogP contribution is -2.43. The molecule has 1 amide bonds. The summed E-state index contributed by atoms with van der Waals surface area (Å²) in [5.41, 5.74) is 1.19. The predicted octanol–water partition coefficient (Wildman–Crippen LogP) is 9.21. The van der Waals surface area contributed by atoms with Gasteiger partial charge in [-0.05, 0) is 60.8 Å². The normalized spacial score (nSPS) is 16.3. The van der Waals surface area contributed by atoms with Crippen LogP contribution < -0.4 is 5.32 Å². The molecule has 0 spiro atoms. The summed E-state index contributed by atoms with van der Waals surface area (Å²) < 4.78 is 0. The van der Waals surface area contributed by atoms with Gasteiger partial charge in [0.1, 0.15) is 17.9 Å². The van der Waals surface area contributed by atoms with Crippen molar-refractivity contribution in [3.8, 4) is 6.26 Å². The number of aliphatic hydroxyl groups is 1. The molecule has 0 bridgehead atoms. The topological polar surface area (TPSA) is 124 Å². The van der Waals surface area contributed by atoms with Gasteiger partial charge in [0.05, 0.1) is 6.04 Å². The maximum atomic E-state index is 14.1. The number of amides is 1. The number of nitrogens with one attached hydrogen (secondary N) is 1. The number of benzene rings is 2. The van der Waals surface area contributed by atoms with Crippen molar-refractivity contribution in [2.75, 3.05) is 0 Å². The number of rotatable bonds is 22. The van der Waals surface area contributed by atoms with Crippen LogP contribution in [0.3, 0.4) is 0 Å². The number of carbonyl (C=O) groups is 4. The third kappa shape index (κ3) is 15.1. The van der Waals surface area contributed by atoms with E-state index >= 15 is 0 Å². The van der Waals surface area contributed by atoms with Gasteiger partial charge in [0.2, 0.25) is 5.91 Å². The fourth-order valence-electron chi connectivity index (χ4n) is 7.14. The van der Waals surface area contributed by atoms with Crippen LogP contribution in [-0.4, -0.2) is 34.9 Å². The first-order chi connectivity index (χ1) is 23.2. The van der Waals surface area contributed by atoms with E-state index < -0.39 is 12.0 Å². The third-order valence-corrected chi connectivity index (χ3v) is 9.74. The first-order valence-corrected chi connectivity index (χ1v) is 18.5. The Morgan fingerprint density at radius 1 is 0.958 bits per heavy atom. The molecule has 3 rings (SSSR count). The minimum atomic E-state index is -0.692. The van der Waals surface area contributed by atoms with Crippen LogP contribution in [0.5, 0.6) is 0 Å². The van der Waals surface area contributed by atoms with E-state index in [1.807, 2.05) is 6.07 Å². The number of carbonyl (C=O) groups excluding carboxylic acids is 4. The van der Waals surface area contributed by atoms with Gasteiger partial charge in [-0.1, -0.05) is 127 Å². The summed E-state index contributed by atoms with van der Waals surface area (Å²) >= 11 is 0. The first kappa shape index (κ1) is 40.6. The average Bonchev–Trinajstić information content (AvgIpc) is 3.07. The van der Waals surface area contributed by atoms with Crippen molar-refractivity contribution >= 4 is 34.5 Å². The van der Waals surface area contributed by atoms with E-state index in [0.717, 1.165) is 51.1 Å². The molecule has 0 aliphatic heterocycles. The van der Waals surface area contributed by atoms with Crippen LogP contribution in [0.25, 0.3) is 10.8 Å². The number of hydrogen-bond acceptors (Lipinski definition) is 6. The lowest BCUT2D eigenvalue weighted by Gasteiger charge is -2.26. The molecule has 2 N–H and O–H groups in total. The molecule has 0 saturated heterocycles. The largest absolute Gasteiger partial charge is 0.443 e. The highest BCUT2D eigenvalue weighted by molar-refractivity contribution is 5.90. The van der Waals surface area contributed by atoms with Crippen LogP contribution in [0.2, 0.25) is 0 Å². The molecule has 2 aromatic carbocycles. The number of unbranched alkanes of at least 4 members (excludes halogenated alkanes) is 8. The third-order valence-electron chi connectivity index (χ3n) is 9.74. The molecule has 0 aromatic heterocycles. The van der Waals surface area contributed by atoms with Gasteiger partial charge in [0.15, 0.2) is 0 Å². The zero-order chi connectivity index (χ0) is 35.1. The molecule has 7 heteroatoms. The van der Waals surface area contributed by atoms with Crippen molar-refractivity contribution in [3.63, 3.8) is 0 Å². The molecule has 264 valence electrons. The minimum absolute atomic E-state index is 0.147. The Kier molecular flexibility index (Phi) is 20.1. The number of aldehydes is 1. The van der Waals surface area contributed by atoms with Crippen LogP contribution in [-0.2, 0) is 25.6 Å². The molecule has 48 heavy (non-hydrogen) atoms. The van der Waals surface area contributed by atoms with Gasteiger partial charge in [-0.3, -0.25) is 14.4 Å². The van der Waals surface area contributed by atoms with E-state index in [9.17, 15) is 19.2 Å². The van der Waals surface area contributed by atoms with Gasteiger partial charge < -0.3 is 15.2 Å². The minimum Gasteiger partial charge on any atom is -0.443 e. The molecule has 2 aromatic rings. The second-order valence-corrected chi connectivity index (χ2v) is 14.1. The molecule has 1 unspecified atom stereocenters. The molecule has 0 heterocycles. The van der Waals surface area contributed by atoms with E-state index in [4.69, 9.17) is 10.4 Å². The summed E-state index contributed by atoms with van der Waals surface area (Å²) in [7, 11) is 0. The van der Waals surface area contributed by atoms with Crippen molar-refractivity contribution < 1.29 is 24.3 Å². The Morgan fingerprint density at radius 3 is 2.25 bits per heavy atom. The Balaban J connectivity index is 0.00000257. The van der Waals surface area contributed by atoms with Crippen LogP contribution in [0, 0.1) is 35.2 Å². The number of aliphatic hydroxyl groups excluding tert-OH is 1. The van der Waals surface area contributed by atoms with Crippen LogP contribution >= 0.6 is 0 Å².